The molecule has 0 saturated heterocycles. The average molecular weight is 451 g/mol. The summed E-state index contributed by atoms with van der Waals surface area (Å²) < 4.78 is 5.22. The van der Waals surface area contributed by atoms with Gasteiger partial charge in [-0.3, -0.25) is 9.59 Å². The minimum Gasteiger partial charge on any atom is -0.466 e. The van der Waals surface area contributed by atoms with Crippen molar-refractivity contribution in [1.29, 1.82) is 0 Å². The third-order valence-corrected chi connectivity index (χ3v) is 6.47. The smallest absolute Gasteiger partial charge is 0.311 e. The van der Waals surface area contributed by atoms with Crippen molar-refractivity contribution in [2.24, 2.45) is 11.8 Å². The highest BCUT2D eigenvalue weighted by Gasteiger charge is 2.32. The molecule has 5 heteroatoms. The minimum absolute atomic E-state index is 0.0438. The molecule has 0 spiro atoms. The second-order valence-corrected chi connectivity index (χ2v) is 9.03. The van der Waals surface area contributed by atoms with E-state index in [2.05, 4.69) is 59.2 Å². The Morgan fingerprint density at radius 2 is 1.64 bits per heavy atom. The minimum atomic E-state index is -0.223. The van der Waals surface area contributed by atoms with Gasteiger partial charge in [0.25, 0.3) is 0 Å². The lowest BCUT2D eigenvalue weighted by Gasteiger charge is -2.30. The molecule has 1 saturated carbocycles. The van der Waals surface area contributed by atoms with Crippen molar-refractivity contribution in [1.82, 2.24) is 10.6 Å². The number of benzene rings is 2. The number of hydrogen-bond donors (Lipinski definition) is 2. The number of carbonyl (C=O) groups is 2. The van der Waals surface area contributed by atoms with Gasteiger partial charge in [0.05, 0.1) is 19.1 Å². The van der Waals surface area contributed by atoms with Gasteiger partial charge in [0.15, 0.2) is 0 Å². The van der Waals surface area contributed by atoms with Crippen LogP contribution in [-0.4, -0.2) is 37.6 Å². The maximum atomic E-state index is 12.6. The van der Waals surface area contributed by atoms with Crippen LogP contribution in [0.1, 0.15) is 50.2 Å². The van der Waals surface area contributed by atoms with Gasteiger partial charge >= 0.3 is 5.97 Å². The number of esters is 1. The molecule has 2 aromatic carbocycles. The van der Waals surface area contributed by atoms with Crippen LogP contribution in [0.3, 0.4) is 0 Å². The molecule has 1 fully saturated rings. The molecule has 3 rings (SSSR count). The summed E-state index contributed by atoms with van der Waals surface area (Å²) in [5, 5.41) is 6.46. The van der Waals surface area contributed by atoms with E-state index in [4.69, 9.17) is 4.74 Å². The van der Waals surface area contributed by atoms with Gasteiger partial charge in [-0.1, -0.05) is 73.5 Å². The zero-order valence-corrected chi connectivity index (χ0v) is 19.8. The molecular formula is C28H38N2O3. The lowest BCUT2D eigenvalue weighted by atomic mass is 9.84. The zero-order valence-electron chi connectivity index (χ0n) is 19.8. The van der Waals surface area contributed by atoms with Gasteiger partial charge in [-0.2, -0.15) is 0 Å². The third kappa shape index (κ3) is 8.65. The standard InChI is InChI=1S/C28H38N2O3/c1-2-33-28(32)25-15-9-10-16-26(25)30-27(31)21-29-20-24(19-23-13-7-4-8-14-23)18-17-22-11-5-3-6-12-22/h3-8,11-14,24-26,29H,2,9-10,15-21H2,1H3,(H,30,31). The quantitative estimate of drug-likeness (QED) is 0.473. The summed E-state index contributed by atoms with van der Waals surface area (Å²) in [5.74, 6) is -0.0151. The number of hydrogen-bond acceptors (Lipinski definition) is 4. The maximum absolute atomic E-state index is 12.6. The molecule has 0 radical (unpaired) electrons. The monoisotopic (exact) mass is 450 g/mol. The average Bonchev–Trinajstić information content (AvgIpc) is 2.84. The highest BCUT2D eigenvalue weighted by molar-refractivity contribution is 5.80. The van der Waals surface area contributed by atoms with E-state index in [0.717, 1.165) is 51.5 Å². The van der Waals surface area contributed by atoms with E-state index < -0.39 is 0 Å². The Kier molecular flexibility index (Phi) is 10.4. The second kappa shape index (κ2) is 13.8. The number of rotatable bonds is 12. The predicted octanol–water partition coefficient (Wildman–Crippen LogP) is 4.31. The predicted molar refractivity (Wildman–Crippen MR) is 132 cm³/mol. The van der Waals surface area contributed by atoms with Crippen LogP contribution < -0.4 is 10.6 Å². The Hall–Kier alpha value is -2.66. The lowest BCUT2D eigenvalue weighted by molar-refractivity contribution is -0.150. The molecule has 2 aromatic rings. The molecule has 0 bridgehead atoms. The summed E-state index contributed by atoms with van der Waals surface area (Å²) in [6, 6.07) is 21.0. The van der Waals surface area contributed by atoms with Gasteiger partial charge in [-0.25, -0.2) is 0 Å². The van der Waals surface area contributed by atoms with Gasteiger partial charge in [0, 0.05) is 6.04 Å². The van der Waals surface area contributed by atoms with Gasteiger partial charge in [-0.15, -0.1) is 0 Å². The summed E-state index contributed by atoms with van der Waals surface area (Å²) in [4.78, 5) is 24.9. The number of amides is 1. The highest BCUT2D eigenvalue weighted by Crippen LogP contribution is 2.25. The molecule has 1 amide bonds. The molecule has 3 unspecified atom stereocenters. The third-order valence-electron chi connectivity index (χ3n) is 6.47. The summed E-state index contributed by atoms with van der Waals surface area (Å²) in [5.41, 5.74) is 2.66. The Labute approximate surface area is 198 Å². The first-order valence-corrected chi connectivity index (χ1v) is 12.4. The molecule has 2 N–H and O–H groups in total. The lowest BCUT2D eigenvalue weighted by Crippen LogP contribution is -2.48. The Morgan fingerprint density at radius 3 is 2.33 bits per heavy atom. The van der Waals surface area contributed by atoms with Crippen molar-refractivity contribution in [3.63, 3.8) is 0 Å². The summed E-state index contributed by atoms with van der Waals surface area (Å²) in [7, 11) is 0. The molecule has 1 aliphatic carbocycles. The molecule has 3 atom stereocenters. The first-order valence-electron chi connectivity index (χ1n) is 12.4. The van der Waals surface area contributed by atoms with Crippen molar-refractivity contribution in [3.05, 3.63) is 71.8 Å². The Bertz CT molecular complexity index is 841. The van der Waals surface area contributed by atoms with E-state index in [1.54, 1.807) is 0 Å². The van der Waals surface area contributed by atoms with Crippen LogP contribution >= 0.6 is 0 Å². The molecule has 0 aliphatic heterocycles. The van der Waals surface area contributed by atoms with Crippen molar-refractivity contribution in [2.45, 2.75) is 57.9 Å². The van der Waals surface area contributed by atoms with Crippen LogP contribution in [-0.2, 0) is 27.2 Å². The number of nitrogens with one attached hydrogen (secondary N) is 2. The van der Waals surface area contributed by atoms with Gasteiger partial charge in [-0.05, 0) is 62.6 Å². The highest BCUT2D eigenvalue weighted by atomic mass is 16.5. The SMILES string of the molecule is CCOC(=O)C1CCCCC1NC(=O)CNCC(CCc1ccccc1)Cc1ccccc1. The van der Waals surface area contributed by atoms with E-state index >= 15 is 0 Å². The first kappa shape index (κ1) is 25.0. The van der Waals surface area contributed by atoms with Crippen LogP contribution in [0.15, 0.2) is 60.7 Å². The molecule has 0 aromatic heterocycles. The zero-order chi connectivity index (χ0) is 23.3. The van der Waals surface area contributed by atoms with Gasteiger partial charge < -0.3 is 15.4 Å². The van der Waals surface area contributed by atoms with E-state index in [1.165, 1.54) is 11.1 Å². The Balaban J connectivity index is 1.49. The van der Waals surface area contributed by atoms with E-state index in [0.29, 0.717) is 12.5 Å². The molecule has 1 aliphatic rings. The fourth-order valence-corrected chi connectivity index (χ4v) is 4.72. The molecule has 33 heavy (non-hydrogen) atoms. The van der Waals surface area contributed by atoms with Gasteiger partial charge in [0.2, 0.25) is 5.91 Å². The van der Waals surface area contributed by atoms with E-state index in [-0.39, 0.29) is 30.4 Å². The molecule has 178 valence electrons. The van der Waals surface area contributed by atoms with Crippen molar-refractivity contribution in [2.75, 3.05) is 19.7 Å². The summed E-state index contributed by atoms with van der Waals surface area (Å²) >= 11 is 0. The Morgan fingerprint density at radius 1 is 0.970 bits per heavy atom. The van der Waals surface area contributed by atoms with Gasteiger partial charge in [0.1, 0.15) is 0 Å². The van der Waals surface area contributed by atoms with Crippen LogP contribution in [0.4, 0.5) is 0 Å². The number of ether oxygens (including phenoxy) is 1. The van der Waals surface area contributed by atoms with Crippen LogP contribution in [0, 0.1) is 11.8 Å². The van der Waals surface area contributed by atoms with Crippen molar-refractivity contribution < 1.29 is 14.3 Å². The summed E-state index contributed by atoms with van der Waals surface area (Å²) in [6.45, 7) is 3.25. The number of carbonyl (C=O) groups excluding carboxylic acids is 2. The van der Waals surface area contributed by atoms with Crippen molar-refractivity contribution >= 4 is 11.9 Å². The van der Waals surface area contributed by atoms with Crippen LogP contribution in [0.5, 0.6) is 0 Å². The van der Waals surface area contributed by atoms with Crippen molar-refractivity contribution in [3.8, 4) is 0 Å². The van der Waals surface area contributed by atoms with Crippen LogP contribution in [0.2, 0.25) is 0 Å². The normalized spacial score (nSPS) is 18.9. The topological polar surface area (TPSA) is 67.4 Å². The second-order valence-electron chi connectivity index (χ2n) is 9.03. The first-order chi connectivity index (χ1) is 16.2. The summed E-state index contributed by atoms with van der Waals surface area (Å²) in [6.07, 6.45) is 6.73. The largest absolute Gasteiger partial charge is 0.466 e. The molecule has 5 nitrogen and oxygen atoms in total. The fraction of sp³-hybridized carbons (Fsp3) is 0.500. The fourth-order valence-electron chi connectivity index (χ4n) is 4.72. The molecule has 0 heterocycles. The number of aryl methyl sites for hydroxylation is 1. The maximum Gasteiger partial charge on any atom is 0.311 e. The van der Waals surface area contributed by atoms with E-state index in [1.807, 2.05) is 19.1 Å². The molecular weight excluding hydrogens is 412 g/mol. The van der Waals surface area contributed by atoms with Crippen LogP contribution in [0.25, 0.3) is 0 Å². The van der Waals surface area contributed by atoms with E-state index in [9.17, 15) is 9.59 Å².